The molecule has 0 aliphatic carbocycles. The van der Waals surface area contributed by atoms with Gasteiger partial charge in [0.05, 0.1) is 12.0 Å². The lowest BCUT2D eigenvalue weighted by Gasteiger charge is -2.42. The number of halogens is 2. The van der Waals surface area contributed by atoms with Gasteiger partial charge in [-0.05, 0) is 41.3 Å². The number of amides is 3. The second-order valence-electron chi connectivity index (χ2n) is 8.44. The summed E-state index contributed by atoms with van der Waals surface area (Å²) in [4.78, 5) is 51.1. The van der Waals surface area contributed by atoms with Gasteiger partial charge in [0, 0.05) is 40.3 Å². The first-order valence-electron chi connectivity index (χ1n) is 11.4. The Morgan fingerprint density at radius 2 is 1.67 bits per heavy atom. The molecule has 0 saturated heterocycles. The molecule has 0 unspecified atom stereocenters. The molecule has 0 fully saturated rings. The molecule has 0 saturated carbocycles. The second-order valence-corrected chi connectivity index (χ2v) is 9.28. The molecular weight excluding hydrogens is 501 g/mol. The van der Waals surface area contributed by atoms with Gasteiger partial charge in [-0.2, -0.15) is 0 Å². The first kappa shape index (κ1) is 25.5. The Bertz CT molecular complexity index is 1300. The van der Waals surface area contributed by atoms with Crippen LogP contribution < -0.4 is 5.32 Å². The summed E-state index contributed by atoms with van der Waals surface area (Å²) in [6.07, 6.45) is 0.358. The van der Waals surface area contributed by atoms with Gasteiger partial charge < -0.3 is 10.2 Å². The number of nitroso groups, excluding NO2 is 1. The van der Waals surface area contributed by atoms with Crippen molar-refractivity contribution >= 4 is 40.9 Å². The second kappa shape index (κ2) is 11.5. The average molecular weight is 524 g/mol. The number of benzene rings is 3. The minimum absolute atomic E-state index is 0.102. The summed E-state index contributed by atoms with van der Waals surface area (Å²) in [5.74, 6) is -2.35. The normalized spacial score (nSPS) is 16.8. The van der Waals surface area contributed by atoms with Crippen molar-refractivity contribution in [1.82, 2.24) is 10.2 Å². The standard InChI is InChI=1S/C27H23Cl2N3O4/c28-18-10-11-21(22(29)16-18)25-24(26(34)30-14-12-17-6-2-1-3-7-17)19-8-4-5-9-20(19)27(35)32(25)15-13-23(33)31-36/h1-11,16,24-25H,12-15H2,(H,30,34)/t24-,25+/m1/s1. The molecule has 3 aromatic carbocycles. The highest BCUT2D eigenvalue weighted by atomic mass is 35.5. The zero-order chi connectivity index (χ0) is 25.7. The molecular formula is C27H23Cl2N3O4. The van der Waals surface area contributed by atoms with Crippen molar-refractivity contribution in [3.8, 4) is 0 Å². The molecule has 0 aromatic heterocycles. The van der Waals surface area contributed by atoms with Crippen molar-refractivity contribution < 1.29 is 14.4 Å². The highest BCUT2D eigenvalue weighted by Gasteiger charge is 2.44. The van der Waals surface area contributed by atoms with Crippen LogP contribution in [0.15, 0.2) is 78.0 Å². The van der Waals surface area contributed by atoms with Gasteiger partial charge in [0.15, 0.2) is 0 Å². The van der Waals surface area contributed by atoms with Crippen LogP contribution in [0.25, 0.3) is 0 Å². The molecule has 3 aromatic rings. The molecule has 1 N–H and O–H groups in total. The van der Waals surface area contributed by atoms with Gasteiger partial charge in [0.1, 0.15) is 0 Å². The fourth-order valence-electron chi connectivity index (χ4n) is 4.55. The van der Waals surface area contributed by atoms with Crippen molar-refractivity contribution in [3.05, 3.63) is 110 Å². The molecule has 0 bridgehead atoms. The largest absolute Gasteiger partial charge is 0.355 e. The SMILES string of the molecule is O=NC(=O)CCN1C(=O)c2ccccc2[C@@H](C(=O)NCCc2ccccc2)[C@@H]1c1ccc(Cl)cc1Cl. The molecule has 2 atom stereocenters. The topological polar surface area (TPSA) is 95.9 Å². The zero-order valence-corrected chi connectivity index (χ0v) is 20.7. The van der Waals surface area contributed by atoms with Gasteiger partial charge in [-0.25, -0.2) is 0 Å². The van der Waals surface area contributed by atoms with E-state index in [9.17, 15) is 19.3 Å². The number of carbonyl (C=O) groups is 3. The summed E-state index contributed by atoms with van der Waals surface area (Å²) >= 11 is 12.7. The minimum atomic E-state index is -0.883. The Labute approximate surface area is 218 Å². The van der Waals surface area contributed by atoms with Crippen LogP contribution in [0.3, 0.4) is 0 Å². The molecule has 1 heterocycles. The third-order valence-corrected chi connectivity index (χ3v) is 6.79. The maximum Gasteiger partial charge on any atom is 0.288 e. The number of rotatable bonds is 8. The molecule has 1 aliphatic rings. The molecule has 4 rings (SSSR count). The smallest absolute Gasteiger partial charge is 0.288 e. The molecule has 7 nitrogen and oxygen atoms in total. The van der Waals surface area contributed by atoms with E-state index >= 15 is 0 Å². The van der Waals surface area contributed by atoms with E-state index in [0.29, 0.717) is 34.7 Å². The van der Waals surface area contributed by atoms with E-state index in [1.54, 1.807) is 42.5 Å². The summed E-state index contributed by atoms with van der Waals surface area (Å²) in [5, 5.41) is 6.13. The third kappa shape index (κ3) is 5.48. The molecule has 1 aliphatic heterocycles. The van der Waals surface area contributed by atoms with Crippen LogP contribution >= 0.6 is 23.2 Å². The Morgan fingerprint density at radius 3 is 2.39 bits per heavy atom. The predicted molar refractivity (Wildman–Crippen MR) is 138 cm³/mol. The zero-order valence-electron chi connectivity index (χ0n) is 19.2. The molecule has 0 radical (unpaired) electrons. The number of hydrogen-bond donors (Lipinski definition) is 1. The molecule has 3 amide bonds. The highest BCUT2D eigenvalue weighted by molar-refractivity contribution is 6.35. The van der Waals surface area contributed by atoms with E-state index in [0.717, 1.165) is 5.56 Å². The van der Waals surface area contributed by atoms with Crippen molar-refractivity contribution in [2.45, 2.75) is 24.8 Å². The number of hydrogen-bond acceptors (Lipinski definition) is 4. The van der Waals surface area contributed by atoms with Gasteiger partial charge in [-0.3, -0.25) is 14.4 Å². The molecule has 0 spiro atoms. The number of carbonyl (C=O) groups excluding carboxylic acids is 3. The lowest BCUT2D eigenvalue weighted by molar-refractivity contribution is -0.124. The first-order valence-corrected chi connectivity index (χ1v) is 12.2. The average Bonchev–Trinajstić information content (AvgIpc) is 2.88. The van der Waals surface area contributed by atoms with Crippen molar-refractivity contribution in [2.24, 2.45) is 5.18 Å². The maximum absolute atomic E-state index is 13.7. The molecule has 184 valence electrons. The van der Waals surface area contributed by atoms with E-state index in [4.69, 9.17) is 23.2 Å². The van der Waals surface area contributed by atoms with Gasteiger partial charge >= 0.3 is 0 Å². The van der Waals surface area contributed by atoms with Crippen LogP contribution in [0, 0.1) is 4.91 Å². The van der Waals surface area contributed by atoms with Crippen molar-refractivity contribution in [3.63, 3.8) is 0 Å². The van der Waals surface area contributed by atoms with Crippen LogP contribution in [0.5, 0.6) is 0 Å². The predicted octanol–water partition coefficient (Wildman–Crippen LogP) is 5.32. The summed E-state index contributed by atoms with van der Waals surface area (Å²) in [7, 11) is 0. The van der Waals surface area contributed by atoms with Gasteiger partial charge in [-0.1, -0.05) is 77.8 Å². The first-order chi connectivity index (χ1) is 17.4. The van der Waals surface area contributed by atoms with Crippen molar-refractivity contribution in [2.75, 3.05) is 13.1 Å². The summed E-state index contributed by atoms with van der Waals surface area (Å²) in [5.41, 5.74) is 2.51. The van der Waals surface area contributed by atoms with E-state index in [1.807, 2.05) is 30.3 Å². The lowest BCUT2D eigenvalue weighted by atomic mass is 9.79. The van der Waals surface area contributed by atoms with Crippen LogP contribution in [0.1, 0.15) is 45.4 Å². The number of nitrogens with one attached hydrogen (secondary N) is 1. The summed E-state index contributed by atoms with van der Waals surface area (Å²) in [6.45, 7) is 0.291. The third-order valence-electron chi connectivity index (χ3n) is 6.23. The van der Waals surface area contributed by atoms with Gasteiger partial charge in [0.25, 0.3) is 11.8 Å². The Hall–Kier alpha value is -3.55. The van der Waals surface area contributed by atoms with Crippen LogP contribution in [-0.4, -0.2) is 35.7 Å². The van der Waals surface area contributed by atoms with E-state index < -0.39 is 17.9 Å². The summed E-state index contributed by atoms with van der Waals surface area (Å²) < 4.78 is 0. The highest BCUT2D eigenvalue weighted by Crippen LogP contribution is 2.45. The Kier molecular flexibility index (Phi) is 8.13. The Morgan fingerprint density at radius 1 is 0.944 bits per heavy atom. The van der Waals surface area contributed by atoms with E-state index in [1.165, 1.54) is 4.90 Å². The van der Waals surface area contributed by atoms with Crippen LogP contribution in [0.4, 0.5) is 0 Å². The number of nitrogens with zero attached hydrogens (tertiary/aromatic N) is 2. The quantitative estimate of drug-likeness (QED) is 0.404. The van der Waals surface area contributed by atoms with Crippen LogP contribution in [0.2, 0.25) is 10.0 Å². The van der Waals surface area contributed by atoms with Crippen molar-refractivity contribution in [1.29, 1.82) is 0 Å². The molecule has 36 heavy (non-hydrogen) atoms. The van der Waals surface area contributed by atoms with Crippen LogP contribution in [-0.2, 0) is 16.0 Å². The molecule has 9 heteroatoms. The van der Waals surface area contributed by atoms with E-state index in [-0.39, 0.29) is 29.8 Å². The van der Waals surface area contributed by atoms with Gasteiger partial charge in [-0.15, -0.1) is 4.91 Å². The fraction of sp³-hybridized carbons (Fsp3) is 0.222. The lowest BCUT2D eigenvalue weighted by Crippen LogP contribution is -2.48. The summed E-state index contributed by atoms with van der Waals surface area (Å²) in [6, 6.07) is 20.7. The van der Waals surface area contributed by atoms with E-state index in [2.05, 4.69) is 10.5 Å². The minimum Gasteiger partial charge on any atom is -0.355 e. The number of fused-ring (bicyclic) bond motifs is 1. The maximum atomic E-state index is 13.7. The fourth-order valence-corrected chi connectivity index (χ4v) is 5.07. The Balaban J connectivity index is 1.74. The monoisotopic (exact) mass is 523 g/mol. The van der Waals surface area contributed by atoms with Gasteiger partial charge in [0.2, 0.25) is 5.91 Å².